The van der Waals surface area contributed by atoms with Crippen LogP contribution in [0.4, 0.5) is 17.6 Å². The second kappa shape index (κ2) is 11.5. The van der Waals surface area contributed by atoms with Crippen LogP contribution in [0.3, 0.4) is 0 Å². The molecule has 5 rings (SSSR count). The number of primary amides is 1. The highest BCUT2D eigenvalue weighted by molar-refractivity contribution is 6.34. The number of carbonyl (C=O) groups excluding carboxylic acids is 1. The summed E-state index contributed by atoms with van der Waals surface area (Å²) < 4.78 is 68.2. The summed E-state index contributed by atoms with van der Waals surface area (Å²) in [6.45, 7) is -1.28. The van der Waals surface area contributed by atoms with E-state index in [0.29, 0.717) is 12.8 Å². The van der Waals surface area contributed by atoms with Gasteiger partial charge < -0.3 is 25.6 Å². The third-order valence-electron chi connectivity index (χ3n) is 8.10. The molecule has 0 radical (unpaired) electrons. The van der Waals surface area contributed by atoms with Crippen LogP contribution in [-0.4, -0.2) is 36.3 Å². The van der Waals surface area contributed by atoms with Crippen molar-refractivity contribution < 1.29 is 36.9 Å². The quantitative estimate of drug-likeness (QED) is 0.268. The van der Waals surface area contributed by atoms with E-state index in [1.165, 1.54) is 0 Å². The Morgan fingerprint density at radius 1 is 1.15 bits per heavy atom. The summed E-state index contributed by atoms with van der Waals surface area (Å²) in [6, 6.07) is 12.3. The predicted octanol–water partition coefficient (Wildman–Crippen LogP) is 6.27. The molecular formula is C30H29ClF4N2O4. The third-order valence-corrected chi connectivity index (χ3v) is 8.47. The number of ether oxygens (including phenoxy) is 2. The number of fused-ring (bicyclic) bond motifs is 1. The van der Waals surface area contributed by atoms with Crippen LogP contribution in [-0.2, 0) is 5.60 Å². The molecule has 218 valence electrons. The summed E-state index contributed by atoms with van der Waals surface area (Å²) >= 11 is 6.46. The largest absolute Gasteiger partial charge is 0.480 e. The van der Waals surface area contributed by atoms with Crippen molar-refractivity contribution in [3.05, 3.63) is 81.9 Å². The number of nitrogens with one attached hydrogen (secondary N) is 1. The predicted molar refractivity (Wildman–Crippen MR) is 145 cm³/mol. The topological polar surface area (TPSA) is 93.8 Å². The average Bonchev–Trinajstić information content (AvgIpc) is 3.22. The smallest absolute Gasteiger partial charge is 0.387 e. The third kappa shape index (κ3) is 5.36. The lowest BCUT2D eigenvalue weighted by Gasteiger charge is -2.37. The maximum absolute atomic E-state index is 15.9. The van der Waals surface area contributed by atoms with Gasteiger partial charge in [0.1, 0.15) is 11.6 Å². The Labute approximate surface area is 239 Å². The Balaban J connectivity index is 1.68. The molecule has 1 saturated carbocycles. The summed E-state index contributed by atoms with van der Waals surface area (Å²) in [7, 11) is 0. The van der Waals surface area contributed by atoms with Crippen LogP contribution in [0.15, 0.2) is 48.5 Å². The fourth-order valence-electron chi connectivity index (χ4n) is 5.98. The number of rotatable bonds is 8. The summed E-state index contributed by atoms with van der Waals surface area (Å²) in [6.07, 6.45) is 2.48. The molecule has 3 aromatic rings. The van der Waals surface area contributed by atoms with E-state index >= 15 is 8.78 Å². The van der Waals surface area contributed by atoms with Gasteiger partial charge in [-0.15, -0.1) is 0 Å². The molecule has 0 saturated heterocycles. The van der Waals surface area contributed by atoms with Crippen molar-refractivity contribution in [1.29, 1.82) is 0 Å². The lowest BCUT2D eigenvalue weighted by atomic mass is 9.77. The fourth-order valence-corrected chi connectivity index (χ4v) is 6.23. The van der Waals surface area contributed by atoms with Crippen LogP contribution in [0.1, 0.15) is 60.0 Å². The number of aliphatic hydroxyl groups is 1. The fraction of sp³-hybridized carbons (Fsp3) is 0.367. The first-order valence-corrected chi connectivity index (χ1v) is 13.7. The maximum Gasteiger partial charge on any atom is 0.387 e. The Hall–Kier alpha value is -3.34. The Morgan fingerprint density at radius 2 is 1.83 bits per heavy atom. The molecule has 0 bridgehead atoms. The highest BCUT2D eigenvalue weighted by Crippen LogP contribution is 2.56. The summed E-state index contributed by atoms with van der Waals surface area (Å²) in [4.78, 5) is 12.4. The molecular weight excluding hydrogens is 564 g/mol. The normalized spacial score (nSPS) is 23.8. The van der Waals surface area contributed by atoms with E-state index in [4.69, 9.17) is 22.1 Å². The zero-order valence-electron chi connectivity index (χ0n) is 22.1. The van der Waals surface area contributed by atoms with Crippen molar-refractivity contribution in [3.8, 4) is 22.6 Å². The van der Waals surface area contributed by atoms with Gasteiger partial charge in [0, 0.05) is 41.3 Å². The minimum absolute atomic E-state index is 0.0640. The molecule has 1 fully saturated rings. The van der Waals surface area contributed by atoms with Gasteiger partial charge >= 0.3 is 6.61 Å². The van der Waals surface area contributed by atoms with E-state index in [-0.39, 0.29) is 41.1 Å². The van der Waals surface area contributed by atoms with Crippen LogP contribution < -0.4 is 20.5 Å². The standard InChI is InChI=1S/C30H29ClF4N2O4/c1-15-23-22(41-30(15,16-5-3-2-4-6-16)14-37-17-7-9-18(38)10-8-17)13-20(32)26(31)25(23)24-19(28(36)39)11-12-21(27(24)33)40-29(34)35/h2-6,11-13,15,17-18,29,37-38H,7-10,14H2,1H3,(H2,36,39)/t15-,17-,18-,30-/m0/s1. The molecule has 1 amide bonds. The van der Waals surface area contributed by atoms with Gasteiger partial charge in [0.2, 0.25) is 5.91 Å². The van der Waals surface area contributed by atoms with E-state index < -0.39 is 52.0 Å². The first-order chi connectivity index (χ1) is 19.5. The van der Waals surface area contributed by atoms with Crippen LogP contribution in [0, 0.1) is 11.6 Å². The van der Waals surface area contributed by atoms with Crippen molar-refractivity contribution in [1.82, 2.24) is 5.32 Å². The van der Waals surface area contributed by atoms with Gasteiger partial charge in [0.05, 0.1) is 16.7 Å². The van der Waals surface area contributed by atoms with E-state index in [2.05, 4.69) is 10.1 Å². The summed E-state index contributed by atoms with van der Waals surface area (Å²) in [5.74, 6) is -4.75. The number of nitrogens with two attached hydrogens (primary N) is 1. The Bertz CT molecular complexity index is 1450. The number of alkyl halides is 2. The number of halogens is 5. The van der Waals surface area contributed by atoms with Crippen molar-refractivity contribution in [2.45, 2.75) is 62.9 Å². The second-order valence-electron chi connectivity index (χ2n) is 10.5. The number of amides is 1. The first kappa shape index (κ1) is 29.2. The highest BCUT2D eigenvalue weighted by Gasteiger charge is 2.50. The average molecular weight is 593 g/mol. The van der Waals surface area contributed by atoms with E-state index in [9.17, 15) is 18.7 Å². The van der Waals surface area contributed by atoms with Crippen molar-refractivity contribution >= 4 is 17.5 Å². The van der Waals surface area contributed by atoms with E-state index in [1.807, 2.05) is 37.3 Å². The van der Waals surface area contributed by atoms with Crippen LogP contribution >= 0.6 is 11.6 Å². The van der Waals surface area contributed by atoms with E-state index in [1.54, 1.807) is 0 Å². The Kier molecular flexibility index (Phi) is 8.18. The minimum atomic E-state index is -3.36. The molecule has 1 aliphatic heterocycles. The number of hydrogen-bond donors (Lipinski definition) is 3. The second-order valence-corrected chi connectivity index (χ2v) is 10.8. The van der Waals surface area contributed by atoms with Crippen molar-refractivity contribution in [2.75, 3.05) is 6.54 Å². The zero-order chi connectivity index (χ0) is 29.5. The lowest BCUT2D eigenvalue weighted by Crippen LogP contribution is -2.48. The van der Waals surface area contributed by atoms with Gasteiger partial charge in [-0.2, -0.15) is 8.78 Å². The van der Waals surface area contributed by atoms with Gasteiger partial charge in [-0.3, -0.25) is 4.79 Å². The molecule has 11 heteroatoms. The number of benzene rings is 3. The van der Waals surface area contributed by atoms with Gasteiger partial charge in [-0.25, -0.2) is 8.78 Å². The SMILES string of the molecule is C[C@H]1c2c(cc(F)c(Cl)c2-c2c(C(N)=O)ccc(OC(F)F)c2F)O[C@]1(CN[C@H]1CC[C@H](O)CC1)c1ccccc1. The molecule has 0 aromatic heterocycles. The van der Waals surface area contributed by atoms with Crippen LogP contribution in [0.2, 0.25) is 5.02 Å². The lowest BCUT2D eigenvalue weighted by molar-refractivity contribution is -0.0521. The number of carbonyl (C=O) groups is 1. The molecule has 41 heavy (non-hydrogen) atoms. The van der Waals surface area contributed by atoms with Crippen LogP contribution in [0.5, 0.6) is 11.5 Å². The van der Waals surface area contributed by atoms with Crippen LogP contribution in [0.25, 0.3) is 11.1 Å². The molecule has 2 atom stereocenters. The van der Waals surface area contributed by atoms with Gasteiger partial charge in [0.25, 0.3) is 0 Å². The zero-order valence-corrected chi connectivity index (χ0v) is 22.9. The van der Waals surface area contributed by atoms with E-state index in [0.717, 1.165) is 36.6 Å². The summed E-state index contributed by atoms with van der Waals surface area (Å²) in [5.41, 5.74) is 4.29. The molecule has 1 heterocycles. The molecule has 4 N–H and O–H groups in total. The monoisotopic (exact) mass is 592 g/mol. The Morgan fingerprint density at radius 3 is 2.46 bits per heavy atom. The van der Waals surface area contributed by atoms with Crippen molar-refractivity contribution in [3.63, 3.8) is 0 Å². The van der Waals surface area contributed by atoms with Gasteiger partial charge in [-0.1, -0.05) is 48.9 Å². The maximum atomic E-state index is 15.9. The molecule has 0 unspecified atom stereocenters. The number of hydrogen-bond acceptors (Lipinski definition) is 5. The minimum Gasteiger partial charge on any atom is -0.480 e. The van der Waals surface area contributed by atoms with Gasteiger partial charge in [-0.05, 0) is 43.4 Å². The van der Waals surface area contributed by atoms with Crippen molar-refractivity contribution in [2.24, 2.45) is 5.73 Å². The molecule has 6 nitrogen and oxygen atoms in total. The number of aliphatic hydroxyl groups excluding tert-OH is 1. The summed E-state index contributed by atoms with van der Waals surface area (Å²) in [5, 5.41) is 12.9. The molecule has 2 aliphatic rings. The molecule has 1 aliphatic carbocycles. The highest BCUT2D eigenvalue weighted by atomic mass is 35.5. The molecule has 3 aromatic carbocycles. The first-order valence-electron chi connectivity index (χ1n) is 13.3. The van der Waals surface area contributed by atoms with Gasteiger partial charge in [0.15, 0.2) is 17.2 Å². The molecule has 0 spiro atoms.